The Bertz CT molecular complexity index is 501. The lowest BCUT2D eigenvalue weighted by Gasteiger charge is -2.33. The number of halogens is 2. The number of nitrogens with zero attached hydrogens (tertiary/aromatic N) is 2. The Kier molecular flexibility index (Phi) is 4.27. The van der Waals surface area contributed by atoms with E-state index in [4.69, 9.17) is 28.3 Å². The predicted molar refractivity (Wildman–Crippen MR) is 70.6 cm³/mol. The molecule has 2 heterocycles. The average molecular weight is 303 g/mol. The molecule has 1 aromatic heterocycles. The van der Waals surface area contributed by atoms with E-state index in [9.17, 15) is 9.59 Å². The van der Waals surface area contributed by atoms with Crippen molar-refractivity contribution >= 4 is 35.1 Å². The van der Waals surface area contributed by atoms with Crippen molar-refractivity contribution in [3.63, 3.8) is 0 Å². The van der Waals surface area contributed by atoms with Gasteiger partial charge in [-0.1, -0.05) is 23.2 Å². The molecule has 0 radical (unpaired) electrons. The van der Waals surface area contributed by atoms with Crippen LogP contribution in [-0.2, 0) is 4.79 Å². The van der Waals surface area contributed by atoms with Crippen LogP contribution in [0, 0.1) is 0 Å². The summed E-state index contributed by atoms with van der Waals surface area (Å²) < 4.78 is 0. The number of amides is 1. The Morgan fingerprint density at radius 2 is 1.89 bits per heavy atom. The molecule has 1 unspecified atom stereocenters. The fraction of sp³-hybridized carbons (Fsp3) is 0.417. The number of rotatable bonds is 2. The topological polar surface area (TPSA) is 70.5 Å². The van der Waals surface area contributed by atoms with E-state index in [1.54, 1.807) is 0 Å². The predicted octanol–water partition coefficient (Wildman–Crippen LogP) is 2.47. The molecule has 0 aromatic carbocycles. The van der Waals surface area contributed by atoms with Gasteiger partial charge in [0.2, 0.25) is 0 Å². The third kappa shape index (κ3) is 3.16. The number of pyridine rings is 1. The first kappa shape index (κ1) is 14.1. The minimum atomic E-state index is -0.987. The number of hydrogen-bond donors (Lipinski definition) is 1. The van der Waals surface area contributed by atoms with Crippen molar-refractivity contribution in [2.75, 3.05) is 6.54 Å². The molecule has 0 aliphatic carbocycles. The fourth-order valence-corrected chi connectivity index (χ4v) is 2.65. The van der Waals surface area contributed by atoms with Gasteiger partial charge in [0.15, 0.2) is 0 Å². The first-order valence-corrected chi connectivity index (χ1v) is 6.61. The molecule has 1 atom stereocenters. The quantitative estimate of drug-likeness (QED) is 0.852. The molecule has 0 spiro atoms. The van der Waals surface area contributed by atoms with E-state index in [-0.39, 0.29) is 21.8 Å². The van der Waals surface area contributed by atoms with Crippen LogP contribution in [0.1, 0.15) is 29.6 Å². The van der Waals surface area contributed by atoms with Crippen LogP contribution in [0.15, 0.2) is 12.1 Å². The Hall–Kier alpha value is -1.33. The third-order valence-electron chi connectivity index (χ3n) is 3.06. The minimum absolute atomic E-state index is 0.111. The van der Waals surface area contributed by atoms with Crippen LogP contribution in [-0.4, -0.2) is 39.5 Å². The monoisotopic (exact) mass is 302 g/mol. The van der Waals surface area contributed by atoms with Gasteiger partial charge in [0, 0.05) is 12.1 Å². The summed E-state index contributed by atoms with van der Waals surface area (Å²) in [4.78, 5) is 28.6. The van der Waals surface area contributed by atoms with Crippen LogP contribution in [0.25, 0.3) is 0 Å². The summed E-state index contributed by atoms with van der Waals surface area (Å²) in [5, 5.41) is 9.38. The standard InChI is InChI=1S/C12H12Cl2N2O3/c13-9-5-7(6-10(14)15-9)11(17)16-4-2-1-3-8(16)12(18)19/h5-6,8H,1-4H2,(H,18,19). The normalized spacial score (nSPS) is 19.3. The first-order valence-electron chi connectivity index (χ1n) is 5.86. The highest BCUT2D eigenvalue weighted by Crippen LogP contribution is 2.22. The second-order valence-electron chi connectivity index (χ2n) is 4.35. The lowest BCUT2D eigenvalue weighted by Crippen LogP contribution is -2.48. The van der Waals surface area contributed by atoms with Gasteiger partial charge in [-0.2, -0.15) is 0 Å². The number of hydrogen-bond acceptors (Lipinski definition) is 3. The molecule has 102 valence electrons. The molecule has 1 fully saturated rings. The van der Waals surface area contributed by atoms with E-state index in [2.05, 4.69) is 4.98 Å². The SMILES string of the molecule is O=C(O)C1CCCCN1C(=O)c1cc(Cl)nc(Cl)c1. The van der Waals surface area contributed by atoms with Crippen molar-refractivity contribution in [2.45, 2.75) is 25.3 Å². The lowest BCUT2D eigenvalue weighted by molar-refractivity contribution is -0.143. The second kappa shape index (κ2) is 5.75. The molecular formula is C12H12Cl2N2O3. The van der Waals surface area contributed by atoms with Gasteiger partial charge in [-0.25, -0.2) is 9.78 Å². The number of likely N-dealkylation sites (tertiary alicyclic amines) is 1. The summed E-state index contributed by atoms with van der Waals surface area (Å²) >= 11 is 11.5. The molecule has 1 aromatic rings. The molecular weight excluding hydrogens is 291 g/mol. The van der Waals surface area contributed by atoms with E-state index in [1.807, 2.05) is 0 Å². The van der Waals surface area contributed by atoms with Crippen molar-refractivity contribution in [3.8, 4) is 0 Å². The Morgan fingerprint density at radius 3 is 2.47 bits per heavy atom. The van der Waals surface area contributed by atoms with Crippen LogP contribution in [0.3, 0.4) is 0 Å². The summed E-state index contributed by atoms with van der Waals surface area (Å²) in [5.74, 6) is -1.36. The van der Waals surface area contributed by atoms with Crippen LogP contribution in [0.2, 0.25) is 10.3 Å². The van der Waals surface area contributed by atoms with Gasteiger partial charge in [-0.15, -0.1) is 0 Å². The molecule has 0 bridgehead atoms. The number of carboxylic acid groups (broad SMARTS) is 1. The summed E-state index contributed by atoms with van der Waals surface area (Å²) in [5.41, 5.74) is 0.262. The number of aliphatic carboxylic acids is 1. The second-order valence-corrected chi connectivity index (χ2v) is 5.12. The minimum Gasteiger partial charge on any atom is -0.480 e. The molecule has 5 nitrogen and oxygen atoms in total. The molecule has 1 aliphatic rings. The van der Waals surface area contributed by atoms with Gasteiger partial charge in [-0.05, 0) is 31.4 Å². The summed E-state index contributed by atoms with van der Waals surface area (Å²) in [7, 11) is 0. The number of carbonyl (C=O) groups excluding carboxylic acids is 1. The summed E-state index contributed by atoms with van der Waals surface area (Å²) in [6, 6.07) is 2.00. The number of aromatic nitrogens is 1. The smallest absolute Gasteiger partial charge is 0.326 e. The third-order valence-corrected chi connectivity index (χ3v) is 3.45. The Morgan fingerprint density at radius 1 is 1.26 bits per heavy atom. The molecule has 1 N–H and O–H groups in total. The van der Waals surface area contributed by atoms with Gasteiger partial charge in [0.25, 0.3) is 5.91 Å². The number of piperidine rings is 1. The maximum absolute atomic E-state index is 12.3. The molecule has 7 heteroatoms. The van der Waals surface area contributed by atoms with E-state index < -0.39 is 12.0 Å². The van der Waals surface area contributed by atoms with Gasteiger partial charge in [0.05, 0.1) is 0 Å². The zero-order valence-electron chi connectivity index (χ0n) is 9.97. The van der Waals surface area contributed by atoms with Crippen LogP contribution in [0.4, 0.5) is 0 Å². The largest absolute Gasteiger partial charge is 0.480 e. The van der Waals surface area contributed by atoms with Crippen LogP contribution >= 0.6 is 23.2 Å². The summed E-state index contributed by atoms with van der Waals surface area (Å²) in [6.07, 6.45) is 2.06. The Labute approximate surface area is 120 Å². The average Bonchev–Trinajstić information content (AvgIpc) is 2.36. The number of carboxylic acids is 1. The first-order chi connectivity index (χ1) is 8.99. The van der Waals surface area contributed by atoms with Gasteiger partial charge < -0.3 is 10.0 Å². The number of carbonyl (C=O) groups is 2. The molecule has 1 aliphatic heterocycles. The van der Waals surface area contributed by atoms with Crippen molar-refractivity contribution in [1.82, 2.24) is 9.88 Å². The summed E-state index contributed by atoms with van der Waals surface area (Å²) in [6.45, 7) is 0.424. The van der Waals surface area contributed by atoms with Crippen molar-refractivity contribution in [1.29, 1.82) is 0 Å². The molecule has 1 saturated heterocycles. The van der Waals surface area contributed by atoms with Crippen molar-refractivity contribution in [2.24, 2.45) is 0 Å². The fourth-order valence-electron chi connectivity index (χ4n) is 2.19. The molecule has 19 heavy (non-hydrogen) atoms. The van der Waals surface area contributed by atoms with Gasteiger partial charge >= 0.3 is 5.97 Å². The van der Waals surface area contributed by atoms with E-state index in [0.29, 0.717) is 13.0 Å². The van der Waals surface area contributed by atoms with Gasteiger partial charge in [0.1, 0.15) is 16.3 Å². The highest BCUT2D eigenvalue weighted by Gasteiger charge is 2.32. The Balaban J connectivity index is 2.28. The molecule has 1 amide bonds. The van der Waals surface area contributed by atoms with Crippen molar-refractivity contribution < 1.29 is 14.7 Å². The van der Waals surface area contributed by atoms with E-state index in [0.717, 1.165) is 12.8 Å². The maximum Gasteiger partial charge on any atom is 0.326 e. The zero-order valence-corrected chi connectivity index (χ0v) is 11.5. The van der Waals surface area contributed by atoms with Gasteiger partial charge in [-0.3, -0.25) is 4.79 Å². The molecule has 2 rings (SSSR count). The maximum atomic E-state index is 12.3. The highest BCUT2D eigenvalue weighted by atomic mass is 35.5. The highest BCUT2D eigenvalue weighted by molar-refractivity contribution is 6.33. The lowest BCUT2D eigenvalue weighted by atomic mass is 10.0. The molecule has 0 saturated carbocycles. The van der Waals surface area contributed by atoms with E-state index >= 15 is 0 Å². The van der Waals surface area contributed by atoms with Crippen LogP contribution in [0.5, 0.6) is 0 Å². The van der Waals surface area contributed by atoms with E-state index in [1.165, 1.54) is 17.0 Å². The van der Waals surface area contributed by atoms with Crippen LogP contribution < -0.4 is 0 Å². The van der Waals surface area contributed by atoms with Crippen molar-refractivity contribution in [3.05, 3.63) is 28.0 Å². The zero-order chi connectivity index (χ0) is 14.0.